The summed E-state index contributed by atoms with van der Waals surface area (Å²) in [4.78, 5) is 21.0. The first-order chi connectivity index (χ1) is 9.26. The molecule has 1 aliphatic heterocycles. The Labute approximate surface area is 111 Å². The van der Waals surface area contributed by atoms with Crippen LogP contribution in [0.5, 0.6) is 0 Å². The van der Waals surface area contributed by atoms with Crippen molar-refractivity contribution in [1.29, 1.82) is 0 Å². The van der Waals surface area contributed by atoms with Crippen molar-refractivity contribution in [2.24, 2.45) is 0 Å². The fourth-order valence-corrected chi connectivity index (χ4v) is 2.37. The van der Waals surface area contributed by atoms with Crippen molar-refractivity contribution in [1.82, 2.24) is 19.4 Å². The predicted molar refractivity (Wildman–Crippen MR) is 68.5 cm³/mol. The molecule has 1 N–H and O–H groups in total. The molecule has 1 aliphatic rings. The third-order valence-electron chi connectivity index (χ3n) is 3.38. The summed E-state index contributed by atoms with van der Waals surface area (Å²) >= 11 is 0. The lowest BCUT2D eigenvalue weighted by molar-refractivity contribution is 0.0594. The molecule has 6 heteroatoms. The Balaban J connectivity index is 1.66. The number of methoxy groups -OCH3 is 1. The summed E-state index contributed by atoms with van der Waals surface area (Å²) in [6, 6.07) is 1.84. The van der Waals surface area contributed by atoms with E-state index in [1.165, 1.54) is 7.11 Å². The molecule has 3 rings (SSSR count). The second kappa shape index (κ2) is 4.89. The van der Waals surface area contributed by atoms with Crippen molar-refractivity contribution in [2.45, 2.75) is 19.6 Å². The van der Waals surface area contributed by atoms with E-state index >= 15 is 0 Å². The Bertz CT molecular complexity index is 587. The van der Waals surface area contributed by atoms with Gasteiger partial charge in [-0.1, -0.05) is 0 Å². The molecule has 3 heterocycles. The Morgan fingerprint density at radius 2 is 2.42 bits per heavy atom. The van der Waals surface area contributed by atoms with Gasteiger partial charge < -0.3 is 14.3 Å². The molecular weight excluding hydrogens is 244 g/mol. The number of aromatic nitrogens is 3. The van der Waals surface area contributed by atoms with Crippen molar-refractivity contribution < 1.29 is 9.53 Å². The van der Waals surface area contributed by atoms with Crippen LogP contribution in [0.25, 0.3) is 0 Å². The zero-order valence-electron chi connectivity index (χ0n) is 10.8. The normalized spacial score (nSPS) is 15.2. The standard InChI is InChI=1S/C13H16N4O2/c1-19-13(18)11-6-10(7-15-11)8-16-4-5-17-3-2-14-12(17)9-16/h2-3,6-7,15H,4-5,8-9H2,1H3. The molecule has 0 amide bonds. The Kier molecular flexibility index (Phi) is 3.08. The van der Waals surface area contributed by atoms with E-state index in [4.69, 9.17) is 0 Å². The van der Waals surface area contributed by atoms with E-state index in [2.05, 4.69) is 24.2 Å². The average molecular weight is 260 g/mol. The van der Waals surface area contributed by atoms with Gasteiger partial charge in [0.25, 0.3) is 0 Å². The number of aromatic amines is 1. The van der Waals surface area contributed by atoms with Gasteiger partial charge in [0.1, 0.15) is 11.5 Å². The number of fused-ring (bicyclic) bond motifs is 1. The predicted octanol–water partition coefficient (Wildman–Crippen LogP) is 1.01. The van der Waals surface area contributed by atoms with Crippen LogP contribution in [-0.4, -0.2) is 39.1 Å². The number of carbonyl (C=O) groups excluding carboxylic acids is 1. The summed E-state index contributed by atoms with van der Waals surface area (Å²) in [6.07, 6.45) is 5.70. The lowest BCUT2D eigenvalue weighted by Gasteiger charge is -2.27. The first kappa shape index (κ1) is 12.0. The molecule has 0 saturated heterocycles. The van der Waals surface area contributed by atoms with Crippen LogP contribution in [0.4, 0.5) is 0 Å². The number of esters is 1. The molecule has 19 heavy (non-hydrogen) atoms. The number of hydrogen-bond donors (Lipinski definition) is 1. The van der Waals surface area contributed by atoms with Crippen LogP contribution in [0, 0.1) is 0 Å². The van der Waals surface area contributed by atoms with Crippen molar-refractivity contribution >= 4 is 5.97 Å². The number of H-pyrrole nitrogens is 1. The van der Waals surface area contributed by atoms with Gasteiger partial charge in [-0.2, -0.15) is 0 Å². The van der Waals surface area contributed by atoms with Gasteiger partial charge in [0.2, 0.25) is 0 Å². The minimum Gasteiger partial charge on any atom is -0.464 e. The number of ether oxygens (including phenoxy) is 1. The van der Waals surface area contributed by atoms with Gasteiger partial charge in [0, 0.05) is 38.2 Å². The maximum absolute atomic E-state index is 11.4. The van der Waals surface area contributed by atoms with Crippen LogP contribution in [0.1, 0.15) is 21.9 Å². The summed E-state index contributed by atoms with van der Waals surface area (Å²) in [6.45, 7) is 3.60. The second-order valence-electron chi connectivity index (χ2n) is 4.66. The summed E-state index contributed by atoms with van der Waals surface area (Å²) in [5.74, 6) is 0.760. The third-order valence-corrected chi connectivity index (χ3v) is 3.38. The summed E-state index contributed by atoms with van der Waals surface area (Å²) in [5.41, 5.74) is 1.58. The topological polar surface area (TPSA) is 63.1 Å². The van der Waals surface area contributed by atoms with Crippen LogP contribution in [-0.2, 0) is 24.4 Å². The van der Waals surface area contributed by atoms with Crippen LogP contribution >= 0.6 is 0 Å². The minimum atomic E-state index is -0.333. The van der Waals surface area contributed by atoms with Gasteiger partial charge >= 0.3 is 5.97 Å². The molecule has 100 valence electrons. The van der Waals surface area contributed by atoms with Gasteiger partial charge in [0.05, 0.1) is 13.7 Å². The summed E-state index contributed by atoms with van der Waals surface area (Å²) in [5, 5.41) is 0. The van der Waals surface area contributed by atoms with E-state index < -0.39 is 0 Å². The van der Waals surface area contributed by atoms with E-state index in [1.54, 1.807) is 0 Å². The largest absolute Gasteiger partial charge is 0.464 e. The number of nitrogens with one attached hydrogen (secondary N) is 1. The molecule has 0 aromatic carbocycles. The van der Waals surface area contributed by atoms with Crippen molar-refractivity contribution in [3.05, 3.63) is 41.7 Å². The lowest BCUT2D eigenvalue weighted by Crippen LogP contribution is -2.33. The van der Waals surface area contributed by atoms with Crippen molar-refractivity contribution in [2.75, 3.05) is 13.7 Å². The van der Waals surface area contributed by atoms with Crippen molar-refractivity contribution in [3.63, 3.8) is 0 Å². The van der Waals surface area contributed by atoms with E-state index in [0.717, 1.165) is 37.6 Å². The maximum atomic E-state index is 11.4. The number of carbonyl (C=O) groups is 1. The molecule has 0 spiro atoms. The van der Waals surface area contributed by atoms with Crippen LogP contribution in [0.15, 0.2) is 24.7 Å². The van der Waals surface area contributed by atoms with Gasteiger partial charge in [-0.05, 0) is 11.6 Å². The van der Waals surface area contributed by atoms with Crippen LogP contribution < -0.4 is 0 Å². The molecule has 0 radical (unpaired) electrons. The smallest absolute Gasteiger partial charge is 0.354 e. The molecule has 0 fully saturated rings. The minimum absolute atomic E-state index is 0.333. The Morgan fingerprint density at radius 1 is 1.53 bits per heavy atom. The van der Waals surface area contributed by atoms with Crippen molar-refractivity contribution in [3.8, 4) is 0 Å². The molecule has 0 unspecified atom stereocenters. The van der Waals surface area contributed by atoms with E-state index in [0.29, 0.717) is 5.69 Å². The molecule has 6 nitrogen and oxygen atoms in total. The van der Waals surface area contributed by atoms with Gasteiger partial charge in [0.15, 0.2) is 0 Å². The molecule has 2 aromatic rings. The Morgan fingerprint density at radius 3 is 3.26 bits per heavy atom. The molecule has 0 atom stereocenters. The molecule has 0 bridgehead atoms. The maximum Gasteiger partial charge on any atom is 0.354 e. The molecular formula is C13H16N4O2. The third kappa shape index (κ3) is 2.39. The number of nitrogens with zero attached hydrogens (tertiary/aromatic N) is 3. The molecule has 2 aromatic heterocycles. The van der Waals surface area contributed by atoms with Gasteiger partial charge in [-0.25, -0.2) is 9.78 Å². The number of imidazole rings is 1. The summed E-state index contributed by atoms with van der Waals surface area (Å²) < 4.78 is 6.85. The lowest BCUT2D eigenvalue weighted by atomic mass is 10.2. The molecule has 0 aliphatic carbocycles. The fourth-order valence-electron chi connectivity index (χ4n) is 2.37. The molecule has 0 saturated carbocycles. The van der Waals surface area contributed by atoms with Crippen LogP contribution in [0.3, 0.4) is 0 Å². The van der Waals surface area contributed by atoms with Gasteiger partial charge in [-0.3, -0.25) is 4.90 Å². The van der Waals surface area contributed by atoms with E-state index in [-0.39, 0.29) is 5.97 Å². The highest BCUT2D eigenvalue weighted by atomic mass is 16.5. The van der Waals surface area contributed by atoms with E-state index in [1.807, 2.05) is 24.7 Å². The first-order valence-corrected chi connectivity index (χ1v) is 6.24. The SMILES string of the molecule is COC(=O)c1cc(CN2CCn3ccnc3C2)c[nH]1. The summed E-state index contributed by atoms with van der Waals surface area (Å²) in [7, 11) is 1.38. The quantitative estimate of drug-likeness (QED) is 0.837. The highest BCUT2D eigenvalue weighted by Crippen LogP contribution is 2.14. The second-order valence-corrected chi connectivity index (χ2v) is 4.66. The van der Waals surface area contributed by atoms with Crippen LogP contribution in [0.2, 0.25) is 0 Å². The highest BCUT2D eigenvalue weighted by Gasteiger charge is 2.17. The monoisotopic (exact) mass is 260 g/mol. The average Bonchev–Trinajstić information content (AvgIpc) is 3.06. The first-order valence-electron chi connectivity index (χ1n) is 6.24. The van der Waals surface area contributed by atoms with Gasteiger partial charge in [-0.15, -0.1) is 0 Å². The Hall–Kier alpha value is -2.08. The fraction of sp³-hybridized carbons (Fsp3) is 0.385. The number of hydrogen-bond acceptors (Lipinski definition) is 4. The highest BCUT2D eigenvalue weighted by molar-refractivity contribution is 5.87. The zero-order chi connectivity index (χ0) is 13.2. The number of rotatable bonds is 3. The van der Waals surface area contributed by atoms with E-state index in [9.17, 15) is 4.79 Å². The zero-order valence-corrected chi connectivity index (χ0v) is 10.8.